The molecule has 1 aromatic heterocycles. The van der Waals surface area contributed by atoms with Gasteiger partial charge in [0, 0.05) is 17.5 Å². The predicted octanol–water partition coefficient (Wildman–Crippen LogP) is 6.30. The molecular weight excluding hydrogens is 509 g/mol. The van der Waals surface area contributed by atoms with Gasteiger partial charge in [0.05, 0.1) is 5.56 Å². The van der Waals surface area contributed by atoms with Crippen LogP contribution < -0.4 is 5.32 Å². The average molecular weight is 536 g/mol. The van der Waals surface area contributed by atoms with Crippen molar-refractivity contribution in [3.63, 3.8) is 0 Å². The molecule has 5 rings (SSSR count). The molecule has 0 aliphatic rings. The van der Waals surface area contributed by atoms with Crippen molar-refractivity contribution in [3.05, 3.63) is 119 Å². The molecule has 1 amide bonds. The van der Waals surface area contributed by atoms with E-state index < -0.39 is 18.0 Å². The fourth-order valence-electron chi connectivity index (χ4n) is 4.24. The van der Waals surface area contributed by atoms with Crippen LogP contribution in [0.3, 0.4) is 0 Å². The van der Waals surface area contributed by atoms with Crippen LogP contribution in [0.15, 0.2) is 95.5 Å². The molecule has 7 nitrogen and oxygen atoms in total. The maximum absolute atomic E-state index is 15.1. The summed E-state index contributed by atoms with van der Waals surface area (Å²) in [5, 5.41) is 6.63. The molecule has 1 unspecified atom stereocenters. The predicted molar refractivity (Wildman–Crippen MR) is 149 cm³/mol. The Hall–Kier alpha value is -5.11. The summed E-state index contributed by atoms with van der Waals surface area (Å²) in [6.45, 7) is 4.23. The molecule has 40 heavy (non-hydrogen) atoms. The van der Waals surface area contributed by atoms with E-state index in [4.69, 9.17) is 9.26 Å². The highest BCUT2D eigenvalue weighted by Gasteiger charge is 2.19. The Morgan fingerprint density at radius 1 is 0.925 bits per heavy atom. The van der Waals surface area contributed by atoms with Crippen molar-refractivity contribution in [1.82, 2.24) is 15.5 Å². The highest BCUT2D eigenvalue weighted by atomic mass is 19.1. The molecule has 1 heterocycles. The summed E-state index contributed by atoms with van der Waals surface area (Å²) < 4.78 is 25.5. The lowest BCUT2D eigenvalue weighted by Gasteiger charge is -2.17. The van der Waals surface area contributed by atoms with Crippen molar-refractivity contribution in [2.75, 3.05) is 0 Å². The third-order valence-corrected chi connectivity index (χ3v) is 6.44. The highest BCUT2D eigenvalue weighted by molar-refractivity contribution is 5.95. The lowest BCUT2D eigenvalue weighted by Crippen LogP contribution is -2.38. The highest BCUT2D eigenvalue weighted by Crippen LogP contribution is 2.26. The van der Waals surface area contributed by atoms with Crippen molar-refractivity contribution in [3.8, 4) is 34.0 Å². The second-order valence-corrected chi connectivity index (χ2v) is 9.45. The quantitative estimate of drug-likeness (QED) is 0.176. The summed E-state index contributed by atoms with van der Waals surface area (Å²) >= 11 is 0. The van der Waals surface area contributed by atoms with Gasteiger partial charge in [-0.2, -0.15) is 4.98 Å². The van der Waals surface area contributed by atoms with Crippen LogP contribution in [0.1, 0.15) is 27.0 Å². The number of benzene rings is 4. The summed E-state index contributed by atoms with van der Waals surface area (Å²) in [6, 6.07) is 27.2. The molecule has 4 aromatic carbocycles. The first-order valence-corrected chi connectivity index (χ1v) is 12.7. The summed E-state index contributed by atoms with van der Waals surface area (Å²) in [5.41, 5.74) is 5.89. The Balaban J connectivity index is 1.29. The Kier molecular flexibility index (Phi) is 7.77. The number of carbonyl (C=O) groups excluding carboxylic acids is 2. The van der Waals surface area contributed by atoms with E-state index in [0.717, 1.165) is 27.8 Å². The van der Waals surface area contributed by atoms with Crippen LogP contribution in [0.4, 0.5) is 4.39 Å². The number of amides is 1. The van der Waals surface area contributed by atoms with Gasteiger partial charge in [0.15, 0.2) is 6.23 Å². The van der Waals surface area contributed by atoms with E-state index in [1.807, 2.05) is 68.4 Å². The molecule has 5 aromatic rings. The smallest absolute Gasteiger partial charge is 0.295 e. The van der Waals surface area contributed by atoms with Gasteiger partial charge in [0.1, 0.15) is 5.82 Å². The number of halogens is 1. The van der Waals surface area contributed by atoms with E-state index in [-0.39, 0.29) is 30.2 Å². The molecule has 0 saturated carbocycles. The van der Waals surface area contributed by atoms with Crippen molar-refractivity contribution >= 4 is 12.4 Å². The topological polar surface area (TPSA) is 94.3 Å². The van der Waals surface area contributed by atoms with Gasteiger partial charge in [-0.15, -0.1) is 0 Å². The van der Waals surface area contributed by atoms with Crippen molar-refractivity contribution < 1.29 is 23.2 Å². The lowest BCUT2D eigenvalue weighted by molar-refractivity contribution is -0.134. The number of aryl methyl sites for hydroxylation is 2. The van der Waals surface area contributed by atoms with Crippen LogP contribution >= 0.6 is 0 Å². The first-order chi connectivity index (χ1) is 19.4. The maximum atomic E-state index is 15.1. The molecular formula is C32H26FN3O4. The molecule has 1 atom stereocenters. The second-order valence-electron chi connectivity index (χ2n) is 9.45. The number of ether oxygens (including phenoxy) is 1. The lowest BCUT2D eigenvalue weighted by atomic mass is 10.0. The molecule has 1 N–H and O–H groups in total. The monoisotopic (exact) mass is 535 g/mol. The largest absolute Gasteiger partial charge is 0.444 e. The van der Waals surface area contributed by atoms with Crippen LogP contribution in [0.25, 0.3) is 34.0 Å². The Morgan fingerprint density at radius 3 is 2.30 bits per heavy atom. The fraction of sp³-hybridized carbons (Fsp3) is 0.125. The molecule has 0 aliphatic heterocycles. The summed E-state index contributed by atoms with van der Waals surface area (Å²) in [7, 11) is 0. The third kappa shape index (κ3) is 6.13. The van der Waals surface area contributed by atoms with E-state index in [2.05, 4.69) is 15.5 Å². The van der Waals surface area contributed by atoms with Gasteiger partial charge in [-0.3, -0.25) is 9.59 Å². The number of nitrogens with one attached hydrogen (secondary N) is 1. The van der Waals surface area contributed by atoms with Gasteiger partial charge in [0.25, 0.3) is 18.3 Å². The molecule has 200 valence electrons. The first kappa shape index (κ1) is 26.5. The minimum Gasteiger partial charge on any atom is -0.444 e. The molecule has 8 heteroatoms. The van der Waals surface area contributed by atoms with E-state index in [0.29, 0.717) is 11.1 Å². The van der Waals surface area contributed by atoms with E-state index >= 15 is 4.39 Å². The number of rotatable bonds is 9. The van der Waals surface area contributed by atoms with E-state index in [1.54, 1.807) is 24.3 Å². The van der Waals surface area contributed by atoms with Gasteiger partial charge < -0.3 is 14.6 Å². The zero-order chi connectivity index (χ0) is 28.1. The maximum Gasteiger partial charge on any atom is 0.295 e. The van der Waals surface area contributed by atoms with E-state index in [1.165, 1.54) is 12.1 Å². The number of aromatic nitrogens is 2. The number of hydrogen-bond donors (Lipinski definition) is 1. The van der Waals surface area contributed by atoms with Crippen molar-refractivity contribution in [1.29, 1.82) is 0 Å². The Labute approximate surface area is 230 Å². The minimum absolute atomic E-state index is 0.0557. The molecule has 0 aliphatic carbocycles. The van der Waals surface area contributed by atoms with Gasteiger partial charge in [-0.05, 0) is 66.9 Å². The van der Waals surface area contributed by atoms with Crippen LogP contribution in [0, 0.1) is 19.7 Å². The summed E-state index contributed by atoms with van der Waals surface area (Å²) in [5.74, 6) is -0.599. The fourth-order valence-corrected chi connectivity index (χ4v) is 4.24. The Bertz CT molecular complexity index is 1650. The summed E-state index contributed by atoms with van der Waals surface area (Å²) in [6.07, 6.45) is -0.947. The molecule has 0 spiro atoms. The SMILES string of the molecule is Cc1ccc(-c2cccc(C(=O)NC(Cc3ccc(-c4noc(-c5ccc(C)cc5)n4)c(F)c3)OC=O)c2)cc1. The molecule has 0 saturated heterocycles. The average Bonchev–Trinajstić information content (AvgIpc) is 3.44. The van der Waals surface area contributed by atoms with Gasteiger partial charge in [-0.1, -0.05) is 70.9 Å². The van der Waals surface area contributed by atoms with Gasteiger partial charge >= 0.3 is 0 Å². The zero-order valence-corrected chi connectivity index (χ0v) is 21.9. The van der Waals surface area contributed by atoms with Gasteiger partial charge in [-0.25, -0.2) is 4.39 Å². The van der Waals surface area contributed by atoms with Gasteiger partial charge in [0.2, 0.25) is 5.82 Å². The minimum atomic E-state index is -1.00. The van der Waals surface area contributed by atoms with E-state index in [9.17, 15) is 9.59 Å². The number of nitrogens with zero attached hydrogens (tertiary/aromatic N) is 2. The van der Waals surface area contributed by atoms with Crippen LogP contribution in [0.5, 0.6) is 0 Å². The normalized spacial score (nSPS) is 11.6. The summed E-state index contributed by atoms with van der Waals surface area (Å²) in [4.78, 5) is 28.5. The third-order valence-electron chi connectivity index (χ3n) is 6.44. The second kappa shape index (κ2) is 11.7. The number of hydrogen-bond acceptors (Lipinski definition) is 6. The Morgan fingerprint density at radius 2 is 1.62 bits per heavy atom. The van der Waals surface area contributed by atoms with Crippen LogP contribution in [0.2, 0.25) is 0 Å². The molecule has 0 bridgehead atoms. The zero-order valence-electron chi connectivity index (χ0n) is 21.9. The standard InChI is InChI=1S/C32H26FN3O4/c1-20-6-11-23(12-7-20)25-4-3-5-26(18-25)31(38)34-29(39-19-37)17-22-10-15-27(28(33)16-22)30-35-32(40-36-30)24-13-8-21(2)9-14-24/h3-16,18-19,29H,17H2,1-2H3,(H,34,38). The van der Waals surface area contributed by atoms with Crippen molar-refractivity contribution in [2.45, 2.75) is 26.5 Å². The first-order valence-electron chi connectivity index (χ1n) is 12.7. The van der Waals surface area contributed by atoms with Crippen molar-refractivity contribution in [2.24, 2.45) is 0 Å². The molecule has 0 fully saturated rings. The van der Waals surface area contributed by atoms with Crippen LogP contribution in [-0.2, 0) is 16.0 Å². The molecule has 0 radical (unpaired) electrons. The van der Waals surface area contributed by atoms with Crippen LogP contribution in [-0.4, -0.2) is 28.7 Å². The number of carbonyl (C=O) groups is 2.